The van der Waals surface area contributed by atoms with Crippen LogP contribution in [0, 0.1) is 6.92 Å². The molecule has 168 valence electrons. The molecule has 0 fully saturated rings. The van der Waals surface area contributed by atoms with Gasteiger partial charge in [0.15, 0.2) is 0 Å². The summed E-state index contributed by atoms with van der Waals surface area (Å²) in [6.45, 7) is 6.58. The Bertz CT molecular complexity index is 1390. The highest BCUT2D eigenvalue weighted by atomic mass is 14.8. The number of fused-ring (bicyclic) bond motifs is 1. The van der Waals surface area contributed by atoms with Gasteiger partial charge in [-0.1, -0.05) is 105 Å². The number of rotatable bonds is 6. The Labute approximate surface area is 202 Å². The first-order chi connectivity index (χ1) is 16.6. The molecule has 2 nitrogen and oxygen atoms in total. The van der Waals surface area contributed by atoms with Crippen LogP contribution in [0.3, 0.4) is 0 Å². The van der Waals surface area contributed by atoms with Crippen LogP contribution in [0.25, 0.3) is 22.3 Å². The monoisotopic (exact) mass is 442 g/mol. The lowest BCUT2D eigenvalue weighted by molar-refractivity contribution is 0.775. The summed E-state index contributed by atoms with van der Waals surface area (Å²) in [4.78, 5) is 9.64. The van der Waals surface area contributed by atoms with Crippen molar-refractivity contribution in [1.29, 1.82) is 0 Å². The predicted octanol–water partition coefficient (Wildman–Crippen LogP) is 8.30. The molecule has 0 saturated carbocycles. The van der Waals surface area contributed by atoms with Crippen LogP contribution in [0.15, 0.2) is 103 Å². The molecule has 5 rings (SSSR count). The third-order valence-electron chi connectivity index (χ3n) is 6.88. The van der Waals surface area contributed by atoms with Crippen LogP contribution in [-0.2, 0) is 0 Å². The SMILES string of the molecule is CCC(c1ccc(-c2nc3ccccc3nc2C)cc1)c1ccc(C(C)c2ccccc2)cc1. The van der Waals surface area contributed by atoms with E-state index in [1.807, 2.05) is 31.2 Å². The van der Waals surface area contributed by atoms with E-state index in [0.29, 0.717) is 11.8 Å². The molecular formula is C32H30N2. The van der Waals surface area contributed by atoms with Crippen molar-refractivity contribution in [3.05, 3.63) is 131 Å². The zero-order valence-electron chi connectivity index (χ0n) is 20.1. The molecular weight excluding hydrogens is 412 g/mol. The summed E-state index contributed by atoms with van der Waals surface area (Å²) in [6, 6.07) is 36.8. The Kier molecular flexibility index (Phi) is 6.22. The molecule has 2 unspecified atom stereocenters. The topological polar surface area (TPSA) is 25.8 Å². The Balaban J connectivity index is 1.39. The molecule has 0 aliphatic carbocycles. The van der Waals surface area contributed by atoms with Gasteiger partial charge in [-0.25, -0.2) is 9.97 Å². The van der Waals surface area contributed by atoms with E-state index in [1.54, 1.807) is 0 Å². The average molecular weight is 443 g/mol. The zero-order chi connectivity index (χ0) is 23.5. The number of hydrogen-bond acceptors (Lipinski definition) is 2. The second kappa shape index (κ2) is 9.61. The van der Waals surface area contributed by atoms with Crippen molar-refractivity contribution in [3.8, 4) is 11.3 Å². The summed E-state index contributed by atoms with van der Waals surface area (Å²) in [7, 11) is 0. The van der Waals surface area contributed by atoms with Crippen LogP contribution in [0.5, 0.6) is 0 Å². The molecule has 34 heavy (non-hydrogen) atoms. The lowest BCUT2D eigenvalue weighted by Gasteiger charge is -2.19. The standard InChI is InChI=1S/C32H30N2/c1-4-29(26-16-14-25(15-17-26)22(2)24-10-6-5-7-11-24)27-18-20-28(21-19-27)32-23(3)33-30-12-8-9-13-31(30)34-32/h5-22,29H,4H2,1-3H3. The Morgan fingerprint density at radius 3 is 1.71 bits per heavy atom. The molecule has 5 aromatic rings. The molecule has 0 saturated heterocycles. The molecule has 4 aromatic carbocycles. The van der Waals surface area contributed by atoms with Crippen molar-refractivity contribution in [2.75, 3.05) is 0 Å². The van der Waals surface area contributed by atoms with E-state index < -0.39 is 0 Å². The molecule has 2 atom stereocenters. The Morgan fingerprint density at radius 2 is 1.09 bits per heavy atom. The van der Waals surface area contributed by atoms with Gasteiger partial charge in [0.1, 0.15) is 0 Å². The summed E-state index contributed by atoms with van der Waals surface area (Å²) in [5.74, 6) is 0.764. The maximum atomic E-state index is 4.89. The van der Waals surface area contributed by atoms with E-state index in [1.165, 1.54) is 22.3 Å². The summed E-state index contributed by atoms with van der Waals surface area (Å²) >= 11 is 0. The lowest BCUT2D eigenvalue weighted by atomic mass is 9.86. The minimum Gasteiger partial charge on any atom is -0.249 e. The van der Waals surface area contributed by atoms with E-state index in [9.17, 15) is 0 Å². The van der Waals surface area contributed by atoms with E-state index in [2.05, 4.69) is 92.7 Å². The van der Waals surface area contributed by atoms with E-state index in [0.717, 1.165) is 34.4 Å². The van der Waals surface area contributed by atoms with Crippen molar-refractivity contribution in [3.63, 3.8) is 0 Å². The molecule has 0 spiro atoms. The second-order valence-electron chi connectivity index (χ2n) is 9.03. The largest absolute Gasteiger partial charge is 0.249 e. The molecule has 0 aliphatic heterocycles. The molecule has 1 aromatic heterocycles. The highest BCUT2D eigenvalue weighted by Crippen LogP contribution is 2.32. The van der Waals surface area contributed by atoms with Crippen molar-refractivity contribution in [1.82, 2.24) is 9.97 Å². The van der Waals surface area contributed by atoms with Crippen molar-refractivity contribution in [2.24, 2.45) is 0 Å². The lowest BCUT2D eigenvalue weighted by Crippen LogP contribution is -2.02. The first-order valence-corrected chi connectivity index (χ1v) is 12.1. The maximum Gasteiger partial charge on any atom is 0.0922 e. The minimum absolute atomic E-state index is 0.374. The van der Waals surface area contributed by atoms with Gasteiger partial charge < -0.3 is 0 Å². The predicted molar refractivity (Wildman–Crippen MR) is 142 cm³/mol. The quantitative estimate of drug-likeness (QED) is 0.264. The summed E-state index contributed by atoms with van der Waals surface area (Å²) in [6.07, 6.45) is 1.06. The van der Waals surface area contributed by atoms with Crippen molar-refractivity contribution < 1.29 is 0 Å². The van der Waals surface area contributed by atoms with Gasteiger partial charge >= 0.3 is 0 Å². The normalized spacial score (nSPS) is 13.0. The van der Waals surface area contributed by atoms with Crippen LogP contribution in [0.1, 0.15) is 60.1 Å². The maximum absolute atomic E-state index is 4.89. The molecule has 0 amide bonds. The van der Waals surface area contributed by atoms with Crippen LogP contribution in [0.2, 0.25) is 0 Å². The highest BCUT2D eigenvalue weighted by Gasteiger charge is 2.15. The minimum atomic E-state index is 0.374. The van der Waals surface area contributed by atoms with Crippen LogP contribution in [0.4, 0.5) is 0 Å². The number of hydrogen-bond donors (Lipinski definition) is 0. The van der Waals surface area contributed by atoms with Gasteiger partial charge in [0.25, 0.3) is 0 Å². The number of benzene rings is 4. The van der Waals surface area contributed by atoms with Gasteiger partial charge in [0.2, 0.25) is 0 Å². The fraction of sp³-hybridized carbons (Fsp3) is 0.188. The van der Waals surface area contributed by atoms with Crippen LogP contribution < -0.4 is 0 Å². The molecule has 1 heterocycles. The fourth-order valence-electron chi connectivity index (χ4n) is 4.85. The molecule has 0 aliphatic rings. The van der Waals surface area contributed by atoms with Gasteiger partial charge in [0, 0.05) is 17.4 Å². The molecule has 2 heteroatoms. The van der Waals surface area contributed by atoms with Gasteiger partial charge in [-0.15, -0.1) is 0 Å². The summed E-state index contributed by atoms with van der Waals surface area (Å²) in [5.41, 5.74) is 10.3. The van der Waals surface area contributed by atoms with E-state index in [-0.39, 0.29) is 0 Å². The second-order valence-corrected chi connectivity index (χ2v) is 9.03. The smallest absolute Gasteiger partial charge is 0.0922 e. The Morgan fingerprint density at radius 1 is 0.588 bits per heavy atom. The molecule has 0 bridgehead atoms. The third-order valence-corrected chi connectivity index (χ3v) is 6.88. The van der Waals surface area contributed by atoms with Gasteiger partial charge in [-0.3, -0.25) is 0 Å². The first kappa shape index (κ1) is 22.0. The molecule has 0 radical (unpaired) electrons. The Hall–Kier alpha value is -3.78. The summed E-state index contributed by atoms with van der Waals surface area (Å²) < 4.78 is 0. The highest BCUT2D eigenvalue weighted by molar-refractivity contribution is 5.78. The number of nitrogens with zero attached hydrogens (tertiary/aromatic N) is 2. The van der Waals surface area contributed by atoms with Crippen LogP contribution >= 0.6 is 0 Å². The van der Waals surface area contributed by atoms with Crippen LogP contribution in [-0.4, -0.2) is 9.97 Å². The zero-order valence-corrected chi connectivity index (χ0v) is 20.1. The van der Waals surface area contributed by atoms with Gasteiger partial charge in [0.05, 0.1) is 22.4 Å². The fourth-order valence-corrected chi connectivity index (χ4v) is 4.85. The van der Waals surface area contributed by atoms with E-state index in [4.69, 9.17) is 9.97 Å². The average Bonchev–Trinajstić information content (AvgIpc) is 2.90. The third kappa shape index (κ3) is 4.36. The van der Waals surface area contributed by atoms with Gasteiger partial charge in [-0.05, 0) is 47.7 Å². The summed E-state index contributed by atoms with van der Waals surface area (Å²) in [5, 5.41) is 0. The number of aromatic nitrogens is 2. The van der Waals surface area contributed by atoms with Crippen molar-refractivity contribution >= 4 is 11.0 Å². The number of para-hydroxylation sites is 2. The molecule has 0 N–H and O–H groups in total. The first-order valence-electron chi connectivity index (χ1n) is 12.1. The van der Waals surface area contributed by atoms with Crippen molar-refractivity contribution in [2.45, 2.75) is 39.0 Å². The van der Waals surface area contributed by atoms with E-state index >= 15 is 0 Å². The van der Waals surface area contributed by atoms with Gasteiger partial charge in [-0.2, -0.15) is 0 Å². The number of aryl methyl sites for hydroxylation is 1.